The van der Waals surface area contributed by atoms with Crippen molar-refractivity contribution < 1.29 is 4.79 Å². The van der Waals surface area contributed by atoms with Crippen molar-refractivity contribution in [3.63, 3.8) is 0 Å². The van der Waals surface area contributed by atoms with Crippen molar-refractivity contribution in [2.45, 2.75) is 6.42 Å². The Kier molecular flexibility index (Phi) is 4.48. The van der Waals surface area contributed by atoms with Crippen LogP contribution in [0.4, 0.5) is 5.13 Å². The van der Waals surface area contributed by atoms with Gasteiger partial charge < -0.3 is 5.32 Å². The molecule has 0 aliphatic heterocycles. The summed E-state index contributed by atoms with van der Waals surface area (Å²) in [6, 6.07) is 11.7. The van der Waals surface area contributed by atoms with E-state index in [2.05, 4.69) is 26.2 Å². The lowest BCUT2D eigenvalue weighted by Gasteiger charge is -2.02. The van der Waals surface area contributed by atoms with E-state index in [9.17, 15) is 4.79 Å². The van der Waals surface area contributed by atoms with Gasteiger partial charge in [0.2, 0.25) is 5.91 Å². The van der Waals surface area contributed by atoms with Crippen LogP contribution in [0, 0.1) is 0 Å². The van der Waals surface area contributed by atoms with Gasteiger partial charge in [0.25, 0.3) is 0 Å². The van der Waals surface area contributed by atoms with Crippen molar-refractivity contribution in [2.24, 2.45) is 0 Å². The predicted octanol–water partition coefficient (Wildman–Crippen LogP) is 4.82. The van der Waals surface area contributed by atoms with Gasteiger partial charge in [-0.05, 0) is 29.1 Å². The molecule has 0 atom stereocenters. The molecule has 0 bridgehead atoms. The third-order valence-electron chi connectivity index (χ3n) is 2.80. The second kappa shape index (κ2) is 6.51. The number of rotatable bonds is 4. The van der Waals surface area contributed by atoms with Crippen molar-refractivity contribution in [2.75, 3.05) is 5.32 Å². The van der Waals surface area contributed by atoms with E-state index in [1.165, 1.54) is 11.3 Å². The first-order valence-electron chi connectivity index (χ1n) is 6.24. The van der Waals surface area contributed by atoms with Crippen LogP contribution in [-0.4, -0.2) is 10.9 Å². The molecule has 2 aromatic heterocycles. The molecular formula is C15H11BrN2OS2. The standard InChI is InChI=1S/C15H11BrN2OS2/c16-11-5-3-10(4-6-11)8-14(19)18-15-17-12(9-21-15)13-2-1-7-20-13/h1-7,9H,8H2,(H,17,18,19). The molecule has 1 aromatic carbocycles. The predicted molar refractivity (Wildman–Crippen MR) is 91.9 cm³/mol. The highest BCUT2D eigenvalue weighted by Gasteiger charge is 2.09. The van der Waals surface area contributed by atoms with Crippen LogP contribution in [0.15, 0.2) is 51.6 Å². The highest BCUT2D eigenvalue weighted by atomic mass is 79.9. The molecular weight excluding hydrogens is 368 g/mol. The summed E-state index contributed by atoms with van der Waals surface area (Å²) < 4.78 is 1.01. The fraction of sp³-hybridized carbons (Fsp3) is 0.0667. The highest BCUT2D eigenvalue weighted by molar-refractivity contribution is 9.10. The molecule has 0 saturated heterocycles. The SMILES string of the molecule is O=C(Cc1ccc(Br)cc1)Nc1nc(-c2cccs2)cs1. The molecule has 0 spiro atoms. The minimum absolute atomic E-state index is 0.0515. The van der Waals surface area contributed by atoms with Gasteiger partial charge in [0, 0.05) is 9.85 Å². The van der Waals surface area contributed by atoms with E-state index in [1.54, 1.807) is 11.3 Å². The Balaban J connectivity index is 1.64. The van der Waals surface area contributed by atoms with E-state index in [1.807, 2.05) is 47.2 Å². The van der Waals surface area contributed by atoms with Gasteiger partial charge in [-0.15, -0.1) is 22.7 Å². The van der Waals surface area contributed by atoms with Crippen LogP contribution in [0.5, 0.6) is 0 Å². The van der Waals surface area contributed by atoms with Crippen LogP contribution < -0.4 is 5.32 Å². The van der Waals surface area contributed by atoms with Crippen LogP contribution in [0.1, 0.15) is 5.56 Å². The molecule has 2 heterocycles. The second-order valence-corrected chi connectivity index (χ2v) is 7.09. The number of halogens is 1. The lowest BCUT2D eigenvalue weighted by molar-refractivity contribution is -0.115. The van der Waals surface area contributed by atoms with Gasteiger partial charge in [-0.1, -0.05) is 34.1 Å². The number of anilines is 1. The maximum absolute atomic E-state index is 12.0. The van der Waals surface area contributed by atoms with Crippen molar-refractivity contribution in [3.05, 3.63) is 57.2 Å². The van der Waals surface area contributed by atoms with Gasteiger partial charge in [-0.25, -0.2) is 4.98 Å². The summed E-state index contributed by atoms with van der Waals surface area (Å²) in [4.78, 5) is 17.6. The lowest BCUT2D eigenvalue weighted by atomic mass is 10.1. The van der Waals surface area contributed by atoms with E-state index in [-0.39, 0.29) is 5.91 Å². The molecule has 106 valence electrons. The largest absolute Gasteiger partial charge is 0.302 e. The van der Waals surface area contributed by atoms with E-state index in [4.69, 9.17) is 0 Å². The van der Waals surface area contributed by atoms with Crippen molar-refractivity contribution >= 4 is 49.6 Å². The number of carbonyl (C=O) groups is 1. The molecule has 21 heavy (non-hydrogen) atoms. The molecule has 0 aliphatic rings. The van der Waals surface area contributed by atoms with Crippen molar-refractivity contribution in [1.82, 2.24) is 4.98 Å². The quantitative estimate of drug-likeness (QED) is 0.707. The van der Waals surface area contributed by atoms with E-state index in [0.717, 1.165) is 20.6 Å². The summed E-state index contributed by atoms with van der Waals surface area (Å²) in [5, 5.41) is 7.46. The highest BCUT2D eigenvalue weighted by Crippen LogP contribution is 2.28. The molecule has 0 fully saturated rings. The number of nitrogens with zero attached hydrogens (tertiary/aromatic N) is 1. The minimum Gasteiger partial charge on any atom is -0.302 e. The third kappa shape index (κ3) is 3.78. The third-order valence-corrected chi connectivity index (χ3v) is 4.98. The molecule has 0 radical (unpaired) electrons. The summed E-state index contributed by atoms with van der Waals surface area (Å²) in [6.07, 6.45) is 0.348. The molecule has 0 aliphatic carbocycles. The van der Waals surface area contributed by atoms with Crippen LogP contribution in [0.3, 0.4) is 0 Å². The molecule has 0 unspecified atom stereocenters. The molecule has 3 nitrogen and oxygen atoms in total. The molecule has 0 saturated carbocycles. The van der Waals surface area contributed by atoms with Crippen LogP contribution in [-0.2, 0) is 11.2 Å². The van der Waals surface area contributed by atoms with Crippen molar-refractivity contribution in [3.8, 4) is 10.6 Å². The van der Waals surface area contributed by atoms with Gasteiger partial charge in [-0.2, -0.15) is 0 Å². The first kappa shape index (κ1) is 14.4. The Morgan fingerprint density at radius 3 is 2.71 bits per heavy atom. The normalized spacial score (nSPS) is 10.5. The summed E-state index contributed by atoms with van der Waals surface area (Å²) in [6.45, 7) is 0. The summed E-state index contributed by atoms with van der Waals surface area (Å²) >= 11 is 6.46. The smallest absolute Gasteiger partial charge is 0.230 e. The van der Waals surface area contributed by atoms with Gasteiger partial charge in [-0.3, -0.25) is 4.79 Å². The average molecular weight is 379 g/mol. The Morgan fingerprint density at radius 1 is 1.19 bits per heavy atom. The maximum atomic E-state index is 12.0. The fourth-order valence-corrected chi connectivity index (χ4v) is 3.57. The number of amides is 1. The zero-order valence-electron chi connectivity index (χ0n) is 10.9. The lowest BCUT2D eigenvalue weighted by Crippen LogP contribution is -2.14. The molecule has 6 heteroatoms. The van der Waals surface area contributed by atoms with Crippen LogP contribution >= 0.6 is 38.6 Å². The summed E-state index contributed by atoms with van der Waals surface area (Å²) in [5.74, 6) is -0.0515. The van der Waals surface area contributed by atoms with Gasteiger partial charge >= 0.3 is 0 Å². The molecule has 3 aromatic rings. The van der Waals surface area contributed by atoms with Crippen LogP contribution in [0.2, 0.25) is 0 Å². The Labute approximate surface area is 138 Å². The maximum Gasteiger partial charge on any atom is 0.230 e. The number of thiophene rings is 1. The number of carbonyl (C=O) groups excluding carboxylic acids is 1. The fourth-order valence-electron chi connectivity index (χ4n) is 1.82. The average Bonchev–Trinajstić information content (AvgIpc) is 3.12. The number of aromatic nitrogens is 1. The van der Waals surface area contributed by atoms with E-state index >= 15 is 0 Å². The number of hydrogen-bond acceptors (Lipinski definition) is 4. The second-order valence-electron chi connectivity index (χ2n) is 4.37. The number of benzene rings is 1. The molecule has 1 amide bonds. The Morgan fingerprint density at radius 2 is 2.00 bits per heavy atom. The topological polar surface area (TPSA) is 42.0 Å². The Bertz CT molecular complexity index is 735. The summed E-state index contributed by atoms with van der Waals surface area (Å²) in [5.41, 5.74) is 1.89. The number of nitrogens with one attached hydrogen (secondary N) is 1. The van der Waals surface area contributed by atoms with Crippen molar-refractivity contribution in [1.29, 1.82) is 0 Å². The zero-order valence-corrected chi connectivity index (χ0v) is 14.1. The van der Waals surface area contributed by atoms with Gasteiger partial charge in [0.05, 0.1) is 17.0 Å². The molecule has 1 N–H and O–H groups in total. The van der Waals surface area contributed by atoms with E-state index < -0.39 is 0 Å². The van der Waals surface area contributed by atoms with Crippen LogP contribution in [0.25, 0.3) is 10.6 Å². The monoisotopic (exact) mass is 378 g/mol. The zero-order chi connectivity index (χ0) is 14.7. The van der Waals surface area contributed by atoms with Gasteiger partial charge in [0.15, 0.2) is 5.13 Å². The number of hydrogen-bond donors (Lipinski definition) is 1. The minimum atomic E-state index is -0.0515. The van der Waals surface area contributed by atoms with E-state index in [0.29, 0.717) is 11.6 Å². The molecule has 3 rings (SSSR count). The van der Waals surface area contributed by atoms with Gasteiger partial charge in [0.1, 0.15) is 0 Å². The Hall–Kier alpha value is -1.50. The first-order chi connectivity index (χ1) is 10.2. The summed E-state index contributed by atoms with van der Waals surface area (Å²) in [7, 11) is 0. The first-order valence-corrected chi connectivity index (χ1v) is 8.79. The number of thiazole rings is 1.